The molecule has 0 saturated heterocycles. The van der Waals surface area contributed by atoms with Crippen LogP contribution >= 0.6 is 0 Å². The number of aryl methyl sites for hydroxylation is 1. The van der Waals surface area contributed by atoms with E-state index in [4.69, 9.17) is 5.73 Å². The van der Waals surface area contributed by atoms with Crippen molar-refractivity contribution in [2.24, 2.45) is 0 Å². The van der Waals surface area contributed by atoms with Crippen LogP contribution in [-0.2, 0) is 12.7 Å². The van der Waals surface area contributed by atoms with Gasteiger partial charge in [-0.3, -0.25) is 0 Å². The minimum Gasteiger partial charge on any atom is -0.368 e. The van der Waals surface area contributed by atoms with Crippen LogP contribution in [0, 0.1) is 12.7 Å². The third kappa shape index (κ3) is 3.75. The number of nitrogens with one attached hydrogen (secondary N) is 1. The van der Waals surface area contributed by atoms with Crippen LogP contribution < -0.4 is 11.1 Å². The molecule has 0 aliphatic carbocycles. The Morgan fingerprint density at radius 1 is 1.22 bits per heavy atom. The van der Waals surface area contributed by atoms with Crippen LogP contribution in [0.3, 0.4) is 0 Å². The van der Waals surface area contributed by atoms with Gasteiger partial charge in [0.1, 0.15) is 28.6 Å². The van der Waals surface area contributed by atoms with E-state index < -0.39 is 23.3 Å². The molecule has 3 rings (SSSR count). The van der Waals surface area contributed by atoms with E-state index in [-0.39, 0.29) is 17.3 Å². The van der Waals surface area contributed by atoms with Gasteiger partial charge >= 0.3 is 6.18 Å². The highest BCUT2D eigenvalue weighted by atomic mass is 19.4. The molecule has 0 aliphatic heterocycles. The normalized spacial score (nSPS) is 11.8. The van der Waals surface area contributed by atoms with Crippen LogP contribution in [0.4, 0.5) is 23.5 Å². The van der Waals surface area contributed by atoms with Gasteiger partial charge in [0.15, 0.2) is 0 Å². The average Bonchev–Trinajstić information content (AvgIpc) is 2.96. The molecule has 0 unspecified atom stereocenters. The molecule has 0 amide bonds. The van der Waals surface area contributed by atoms with Crippen LogP contribution in [0.5, 0.6) is 0 Å². The van der Waals surface area contributed by atoms with E-state index in [9.17, 15) is 17.6 Å². The number of rotatable bonds is 4. The Hall–Kier alpha value is -3.01. The molecule has 0 radical (unpaired) electrons. The Morgan fingerprint density at radius 3 is 2.59 bits per heavy atom. The summed E-state index contributed by atoms with van der Waals surface area (Å²) in [6.07, 6.45) is -2.78. The molecule has 2 heterocycles. The predicted molar refractivity (Wildman–Crippen MR) is 91.5 cm³/mol. The molecule has 0 fully saturated rings. The van der Waals surface area contributed by atoms with E-state index in [1.165, 1.54) is 16.8 Å². The predicted octanol–water partition coefficient (Wildman–Crippen LogP) is 3.10. The molecular weight excluding hydrogens is 364 g/mol. The quantitative estimate of drug-likeness (QED) is 0.680. The lowest BCUT2D eigenvalue weighted by Crippen LogP contribution is -2.11. The average molecular weight is 380 g/mol. The second-order valence-corrected chi connectivity index (χ2v) is 5.85. The standard InChI is InChI=1S/C17H16F4N6/c1-9-25-13(15-11(17(19,20)21)7-24-16(22)26-15)8-27(9)14-4-3-10(6-23-2)5-12(14)18/h3-5,7-8,23H,6H2,1-2H3,(H2,22,24,26). The summed E-state index contributed by atoms with van der Waals surface area (Å²) in [6.45, 7) is 2.04. The SMILES string of the molecule is CNCc1ccc(-n2cc(-c3nc(N)ncc3C(F)(F)F)nc2C)c(F)c1. The first kappa shape index (κ1) is 18.8. The van der Waals surface area contributed by atoms with E-state index in [1.807, 2.05) is 0 Å². The number of nitrogens with two attached hydrogens (primary N) is 1. The molecule has 142 valence electrons. The summed E-state index contributed by atoms with van der Waals surface area (Å²) in [5.41, 5.74) is 4.75. The number of nitrogens with zero attached hydrogens (tertiary/aromatic N) is 4. The first-order valence-electron chi connectivity index (χ1n) is 7.90. The van der Waals surface area contributed by atoms with Crippen molar-refractivity contribution in [1.29, 1.82) is 0 Å². The van der Waals surface area contributed by atoms with Gasteiger partial charge in [-0.2, -0.15) is 13.2 Å². The summed E-state index contributed by atoms with van der Waals surface area (Å²) in [7, 11) is 1.74. The summed E-state index contributed by atoms with van der Waals surface area (Å²) in [4.78, 5) is 11.2. The van der Waals surface area contributed by atoms with E-state index in [1.54, 1.807) is 26.1 Å². The number of aromatic nitrogens is 4. The van der Waals surface area contributed by atoms with Crippen molar-refractivity contribution in [3.63, 3.8) is 0 Å². The summed E-state index contributed by atoms with van der Waals surface area (Å²) in [5.74, 6) is -0.531. The molecule has 3 N–H and O–H groups in total. The van der Waals surface area contributed by atoms with Gasteiger partial charge in [0.2, 0.25) is 5.95 Å². The lowest BCUT2D eigenvalue weighted by molar-refractivity contribution is -0.137. The van der Waals surface area contributed by atoms with Gasteiger partial charge in [-0.1, -0.05) is 6.07 Å². The first-order chi connectivity index (χ1) is 12.7. The van der Waals surface area contributed by atoms with E-state index in [2.05, 4.69) is 20.3 Å². The summed E-state index contributed by atoms with van der Waals surface area (Å²) in [6, 6.07) is 4.62. The number of hydrogen-bond acceptors (Lipinski definition) is 5. The van der Waals surface area contributed by atoms with Crippen molar-refractivity contribution >= 4 is 5.95 Å². The van der Waals surface area contributed by atoms with Crippen LogP contribution in [0.25, 0.3) is 17.1 Å². The molecule has 2 aromatic heterocycles. The molecular formula is C17H16F4N6. The molecule has 6 nitrogen and oxygen atoms in total. The maximum Gasteiger partial charge on any atom is 0.420 e. The third-order valence-electron chi connectivity index (χ3n) is 3.89. The van der Waals surface area contributed by atoms with Gasteiger partial charge in [-0.05, 0) is 31.7 Å². The van der Waals surface area contributed by atoms with Crippen molar-refractivity contribution in [2.45, 2.75) is 19.6 Å². The lowest BCUT2D eigenvalue weighted by Gasteiger charge is -2.10. The van der Waals surface area contributed by atoms with Gasteiger partial charge in [-0.25, -0.2) is 19.3 Å². The van der Waals surface area contributed by atoms with E-state index >= 15 is 0 Å². The monoisotopic (exact) mass is 380 g/mol. The Kier molecular flexibility index (Phi) is 4.83. The van der Waals surface area contributed by atoms with E-state index in [0.717, 1.165) is 5.56 Å². The van der Waals surface area contributed by atoms with Gasteiger partial charge in [0.05, 0.1) is 5.69 Å². The number of alkyl halides is 3. The molecule has 0 atom stereocenters. The number of anilines is 1. The maximum atomic E-state index is 14.5. The van der Waals surface area contributed by atoms with Gasteiger partial charge in [0.25, 0.3) is 0 Å². The zero-order valence-corrected chi connectivity index (χ0v) is 14.5. The molecule has 1 aromatic carbocycles. The molecule has 0 spiro atoms. The van der Waals surface area contributed by atoms with Gasteiger partial charge < -0.3 is 15.6 Å². The Balaban J connectivity index is 2.10. The lowest BCUT2D eigenvalue weighted by atomic mass is 10.1. The fourth-order valence-electron chi connectivity index (χ4n) is 2.69. The fraction of sp³-hybridized carbons (Fsp3) is 0.235. The highest BCUT2D eigenvalue weighted by Crippen LogP contribution is 2.35. The zero-order valence-electron chi connectivity index (χ0n) is 14.5. The summed E-state index contributed by atoms with van der Waals surface area (Å²) in [5, 5.41) is 2.91. The van der Waals surface area contributed by atoms with Crippen LogP contribution in [0.1, 0.15) is 17.0 Å². The molecule has 10 heteroatoms. The topological polar surface area (TPSA) is 81.7 Å². The zero-order chi connectivity index (χ0) is 19.8. The second-order valence-electron chi connectivity index (χ2n) is 5.85. The highest BCUT2D eigenvalue weighted by molar-refractivity contribution is 5.61. The van der Waals surface area contributed by atoms with E-state index in [0.29, 0.717) is 18.6 Å². The largest absolute Gasteiger partial charge is 0.420 e. The number of hydrogen-bond donors (Lipinski definition) is 2. The third-order valence-corrected chi connectivity index (χ3v) is 3.89. The molecule has 3 aromatic rings. The van der Waals surface area contributed by atoms with Gasteiger partial charge in [-0.15, -0.1) is 0 Å². The van der Waals surface area contributed by atoms with Crippen LogP contribution in [0.2, 0.25) is 0 Å². The number of nitrogen functional groups attached to an aromatic ring is 1. The highest BCUT2D eigenvalue weighted by Gasteiger charge is 2.36. The molecule has 0 bridgehead atoms. The van der Waals surface area contributed by atoms with Crippen molar-refractivity contribution in [3.05, 3.63) is 53.4 Å². The second kappa shape index (κ2) is 6.95. The molecule has 0 aliphatic rings. The number of imidazole rings is 1. The Morgan fingerprint density at radius 2 is 1.96 bits per heavy atom. The summed E-state index contributed by atoms with van der Waals surface area (Å²) < 4.78 is 55.6. The minimum atomic E-state index is -4.68. The summed E-state index contributed by atoms with van der Waals surface area (Å²) >= 11 is 0. The Labute approximate surface area is 152 Å². The minimum absolute atomic E-state index is 0.0763. The molecule has 27 heavy (non-hydrogen) atoms. The van der Waals surface area contributed by atoms with Crippen molar-refractivity contribution in [2.75, 3.05) is 12.8 Å². The first-order valence-corrected chi connectivity index (χ1v) is 7.90. The van der Waals surface area contributed by atoms with Gasteiger partial charge in [0, 0.05) is 18.9 Å². The number of benzene rings is 1. The van der Waals surface area contributed by atoms with Crippen LogP contribution in [-0.4, -0.2) is 26.6 Å². The maximum absolute atomic E-state index is 14.5. The van der Waals surface area contributed by atoms with Crippen molar-refractivity contribution < 1.29 is 17.6 Å². The fourth-order valence-corrected chi connectivity index (χ4v) is 2.69. The van der Waals surface area contributed by atoms with Crippen molar-refractivity contribution in [1.82, 2.24) is 24.8 Å². The van der Waals surface area contributed by atoms with Crippen molar-refractivity contribution in [3.8, 4) is 17.1 Å². The smallest absolute Gasteiger partial charge is 0.368 e. The number of halogens is 4. The molecule has 0 saturated carbocycles. The Bertz CT molecular complexity index is 980. The van der Waals surface area contributed by atoms with Crippen LogP contribution in [0.15, 0.2) is 30.6 Å².